The van der Waals surface area contributed by atoms with Crippen molar-refractivity contribution >= 4 is 23.3 Å². The molecule has 2 aliphatic heterocycles. The van der Waals surface area contributed by atoms with Crippen LogP contribution in [0.3, 0.4) is 0 Å². The number of piperidine rings is 1. The van der Waals surface area contributed by atoms with Gasteiger partial charge in [0.25, 0.3) is 6.10 Å². The van der Waals surface area contributed by atoms with Crippen molar-refractivity contribution in [1.29, 1.82) is 0 Å². The fourth-order valence-corrected chi connectivity index (χ4v) is 4.73. The van der Waals surface area contributed by atoms with Gasteiger partial charge in [0, 0.05) is 25.2 Å². The van der Waals surface area contributed by atoms with Crippen LogP contribution in [0.4, 0.5) is 31.1 Å². The van der Waals surface area contributed by atoms with E-state index in [9.17, 15) is 31.1 Å². The van der Waals surface area contributed by atoms with Crippen molar-refractivity contribution in [3.8, 4) is 0 Å². The number of likely N-dealkylation sites (tertiary alicyclic amines) is 2. The third-order valence-corrected chi connectivity index (χ3v) is 6.40. The zero-order chi connectivity index (χ0) is 24.0. The summed E-state index contributed by atoms with van der Waals surface area (Å²) in [5.41, 5.74) is 1.07. The third kappa shape index (κ3) is 4.98. The van der Waals surface area contributed by atoms with Gasteiger partial charge in [-0.1, -0.05) is 11.6 Å². The molecular weight excluding hydrogens is 480 g/mol. The van der Waals surface area contributed by atoms with Gasteiger partial charge in [-0.25, -0.2) is 14.3 Å². The average molecular weight is 500 g/mol. The summed E-state index contributed by atoms with van der Waals surface area (Å²) in [5, 5.41) is 4.47. The molecule has 0 aromatic carbocycles. The van der Waals surface area contributed by atoms with Crippen LogP contribution in [-0.2, 0) is 11.3 Å². The zero-order valence-corrected chi connectivity index (χ0v) is 17.9. The Hall–Kier alpha value is -2.28. The summed E-state index contributed by atoms with van der Waals surface area (Å²) in [5.74, 6) is 0. The molecule has 0 saturated carbocycles. The topological polar surface area (TPSA) is 63.0 Å². The van der Waals surface area contributed by atoms with Crippen LogP contribution in [0.5, 0.6) is 0 Å². The molecule has 14 heteroatoms. The average Bonchev–Trinajstić information content (AvgIpc) is 3.28. The summed E-state index contributed by atoms with van der Waals surface area (Å²) in [4.78, 5) is 19.7. The van der Waals surface area contributed by atoms with Crippen molar-refractivity contribution in [3.63, 3.8) is 0 Å². The molecule has 0 aliphatic carbocycles. The van der Waals surface area contributed by atoms with Gasteiger partial charge in [-0.15, -0.1) is 0 Å². The maximum Gasteiger partial charge on any atom is 0.434 e. The fourth-order valence-electron chi connectivity index (χ4n) is 4.59. The first-order chi connectivity index (χ1) is 15.4. The number of amides is 1. The summed E-state index contributed by atoms with van der Waals surface area (Å²) in [6.07, 6.45) is -13.0. The molecule has 0 radical (unpaired) electrons. The zero-order valence-electron chi connectivity index (χ0n) is 17.2. The predicted octanol–water partition coefficient (Wildman–Crippen LogP) is 4.44. The van der Waals surface area contributed by atoms with Crippen molar-refractivity contribution in [3.05, 3.63) is 29.2 Å². The van der Waals surface area contributed by atoms with E-state index in [0.717, 1.165) is 30.0 Å². The van der Waals surface area contributed by atoms with E-state index in [1.54, 1.807) is 22.8 Å². The monoisotopic (exact) mass is 499 g/mol. The summed E-state index contributed by atoms with van der Waals surface area (Å²) in [6.45, 7) is 1.26. The molecule has 2 aromatic heterocycles. The van der Waals surface area contributed by atoms with E-state index >= 15 is 0 Å². The molecule has 7 nitrogen and oxygen atoms in total. The number of aromatic nitrogens is 3. The molecule has 1 amide bonds. The van der Waals surface area contributed by atoms with E-state index in [2.05, 4.69) is 19.7 Å². The largest absolute Gasteiger partial charge is 0.434 e. The van der Waals surface area contributed by atoms with E-state index in [1.807, 2.05) is 0 Å². The molecule has 0 N–H and O–H groups in total. The van der Waals surface area contributed by atoms with Crippen LogP contribution in [0.1, 0.15) is 31.4 Å². The van der Waals surface area contributed by atoms with Gasteiger partial charge in [0.2, 0.25) is 0 Å². The molecule has 1 spiro atoms. The first kappa shape index (κ1) is 23.9. The van der Waals surface area contributed by atoms with Gasteiger partial charge in [0.05, 0.1) is 11.9 Å². The van der Waals surface area contributed by atoms with E-state index in [-0.39, 0.29) is 18.6 Å². The summed E-state index contributed by atoms with van der Waals surface area (Å²) in [6, 6.07) is 3.36. The summed E-state index contributed by atoms with van der Waals surface area (Å²) >= 11 is 5.90. The number of fused-ring (bicyclic) bond motifs is 1. The molecule has 0 unspecified atom stereocenters. The highest BCUT2D eigenvalue weighted by Gasteiger charge is 2.60. The van der Waals surface area contributed by atoms with E-state index in [4.69, 9.17) is 11.6 Å². The van der Waals surface area contributed by atoms with E-state index in [1.165, 1.54) is 0 Å². The molecule has 4 rings (SSSR count). The Labute approximate surface area is 189 Å². The van der Waals surface area contributed by atoms with Gasteiger partial charge in [0.15, 0.2) is 5.65 Å². The number of hydrogen-bond donors (Lipinski definition) is 0. The standard InChI is InChI=1S/C19H20ClF6N5O2/c20-13-2-3-14-27-12(11-31(14)28-13)10-30-7-1-4-17(30)5-8-29(9-6-17)16(32)33-15(18(21,22)23)19(24,25)26/h2-3,11,15H,1,4-10H2. The van der Waals surface area contributed by atoms with Gasteiger partial charge in [-0.2, -0.15) is 31.4 Å². The second-order valence-corrected chi connectivity index (χ2v) is 8.66. The predicted molar refractivity (Wildman–Crippen MR) is 104 cm³/mol. The number of ether oxygens (including phenoxy) is 1. The molecule has 2 aliphatic rings. The number of nitrogens with zero attached hydrogens (tertiary/aromatic N) is 5. The number of halogens is 7. The highest BCUT2D eigenvalue weighted by atomic mass is 35.5. The van der Waals surface area contributed by atoms with Crippen LogP contribution in [0.25, 0.3) is 5.65 Å². The molecule has 182 valence electrons. The molecule has 0 atom stereocenters. The van der Waals surface area contributed by atoms with Crippen molar-refractivity contribution in [2.24, 2.45) is 0 Å². The van der Waals surface area contributed by atoms with Crippen LogP contribution >= 0.6 is 11.6 Å². The highest BCUT2D eigenvalue weighted by Crippen LogP contribution is 2.40. The molecule has 4 heterocycles. The number of carbonyl (C=O) groups excluding carboxylic acids is 1. The highest BCUT2D eigenvalue weighted by molar-refractivity contribution is 6.29. The van der Waals surface area contributed by atoms with Crippen LogP contribution < -0.4 is 0 Å². The van der Waals surface area contributed by atoms with Gasteiger partial charge in [-0.3, -0.25) is 4.90 Å². The lowest BCUT2D eigenvalue weighted by atomic mass is 9.85. The molecule has 0 bridgehead atoms. The van der Waals surface area contributed by atoms with Gasteiger partial charge < -0.3 is 9.64 Å². The maximum atomic E-state index is 12.7. The Morgan fingerprint density at radius 1 is 1.09 bits per heavy atom. The van der Waals surface area contributed by atoms with Gasteiger partial charge in [0.1, 0.15) is 5.15 Å². The minimum Gasteiger partial charge on any atom is -0.426 e. The third-order valence-electron chi connectivity index (χ3n) is 6.20. The number of hydrogen-bond acceptors (Lipinski definition) is 5. The maximum absolute atomic E-state index is 12.7. The smallest absolute Gasteiger partial charge is 0.426 e. The number of alkyl halides is 6. The van der Waals surface area contributed by atoms with Gasteiger partial charge >= 0.3 is 18.4 Å². The number of carbonyl (C=O) groups is 1. The molecular formula is C19H20ClF6N5O2. The summed E-state index contributed by atoms with van der Waals surface area (Å²) in [7, 11) is 0. The Morgan fingerprint density at radius 3 is 2.39 bits per heavy atom. The van der Waals surface area contributed by atoms with Crippen molar-refractivity contribution in [1.82, 2.24) is 24.4 Å². The van der Waals surface area contributed by atoms with E-state index < -0.39 is 24.5 Å². The van der Waals surface area contributed by atoms with Crippen LogP contribution in [-0.4, -0.2) is 74.1 Å². The lowest BCUT2D eigenvalue weighted by molar-refractivity contribution is -0.308. The van der Waals surface area contributed by atoms with Crippen molar-refractivity contribution in [2.75, 3.05) is 19.6 Å². The molecule has 2 saturated heterocycles. The van der Waals surface area contributed by atoms with E-state index in [0.29, 0.717) is 30.2 Å². The second kappa shape index (κ2) is 8.49. The Kier molecular flexibility index (Phi) is 6.14. The van der Waals surface area contributed by atoms with Crippen LogP contribution in [0, 0.1) is 0 Å². The molecule has 33 heavy (non-hydrogen) atoms. The van der Waals surface area contributed by atoms with Crippen molar-refractivity contribution < 1.29 is 35.9 Å². The SMILES string of the molecule is O=C(OC(C(F)(F)F)C(F)(F)F)N1CCC2(CCCN2Cc2cn3nc(Cl)ccc3n2)CC1. The van der Waals surface area contributed by atoms with Gasteiger partial charge in [-0.05, 0) is 44.4 Å². The quantitative estimate of drug-likeness (QED) is 0.584. The Bertz CT molecular complexity index is 1000. The second-order valence-electron chi connectivity index (χ2n) is 8.27. The number of imidazole rings is 1. The molecule has 2 aromatic rings. The lowest BCUT2D eigenvalue weighted by Gasteiger charge is -2.44. The normalized spacial score (nSPS) is 19.7. The van der Waals surface area contributed by atoms with Crippen molar-refractivity contribution in [2.45, 2.75) is 56.2 Å². The Balaban J connectivity index is 1.40. The fraction of sp³-hybridized carbons (Fsp3) is 0.632. The van der Waals surface area contributed by atoms with Crippen LogP contribution in [0.15, 0.2) is 18.3 Å². The minimum absolute atomic E-state index is 0.0000964. The first-order valence-corrected chi connectivity index (χ1v) is 10.6. The molecule has 2 fully saturated rings. The first-order valence-electron chi connectivity index (χ1n) is 10.2. The lowest BCUT2D eigenvalue weighted by Crippen LogP contribution is -2.54. The van der Waals surface area contributed by atoms with Crippen LogP contribution in [0.2, 0.25) is 5.15 Å². The summed E-state index contributed by atoms with van der Waals surface area (Å²) < 4.78 is 81.6. The minimum atomic E-state index is -5.74. The Morgan fingerprint density at radius 2 is 1.76 bits per heavy atom. The number of rotatable bonds is 3.